The van der Waals surface area contributed by atoms with Gasteiger partial charge in [0.2, 0.25) is 5.91 Å². The van der Waals surface area contributed by atoms with Crippen LogP contribution in [0.15, 0.2) is 18.2 Å². The lowest BCUT2D eigenvalue weighted by molar-refractivity contribution is -0.114. The molecule has 1 aliphatic heterocycles. The second-order valence-electron chi connectivity index (χ2n) is 5.79. The summed E-state index contributed by atoms with van der Waals surface area (Å²) in [5.41, 5.74) is 3.24. The van der Waals surface area contributed by atoms with Crippen LogP contribution in [0.25, 0.3) is 0 Å². The first-order valence-electron chi connectivity index (χ1n) is 7.52. The van der Waals surface area contributed by atoms with Crippen molar-refractivity contribution in [2.45, 2.75) is 34.2 Å². The highest BCUT2D eigenvalue weighted by Crippen LogP contribution is 2.33. The number of anilines is 2. The molecule has 2 rings (SSSR count). The first kappa shape index (κ1) is 15.8. The zero-order chi connectivity index (χ0) is 15.4. The Hall–Kier alpha value is -1.59. The van der Waals surface area contributed by atoms with Gasteiger partial charge < -0.3 is 10.1 Å². The van der Waals surface area contributed by atoms with Gasteiger partial charge in [-0.25, -0.2) is 5.01 Å². The summed E-state index contributed by atoms with van der Waals surface area (Å²) in [4.78, 5) is 11.2. The van der Waals surface area contributed by atoms with Crippen LogP contribution in [0, 0.1) is 5.92 Å². The smallest absolute Gasteiger partial charge is 0.221 e. The normalized spacial score (nSPS) is 14.6. The van der Waals surface area contributed by atoms with Crippen molar-refractivity contribution in [3.63, 3.8) is 0 Å². The molecule has 0 fully saturated rings. The number of carbonyl (C=O) groups excluding carboxylic acids is 1. The number of nitrogens with zero attached hydrogens (tertiary/aromatic N) is 2. The highest BCUT2D eigenvalue weighted by Gasteiger charge is 2.27. The van der Waals surface area contributed by atoms with Crippen molar-refractivity contribution >= 4 is 17.3 Å². The van der Waals surface area contributed by atoms with Crippen molar-refractivity contribution in [2.24, 2.45) is 5.92 Å². The topological polar surface area (TPSA) is 44.8 Å². The number of carbonyl (C=O) groups is 1. The van der Waals surface area contributed by atoms with Crippen LogP contribution in [0.2, 0.25) is 0 Å². The number of fused-ring (bicyclic) bond motifs is 1. The van der Waals surface area contributed by atoms with E-state index in [9.17, 15) is 4.79 Å². The summed E-state index contributed by atoms with van der Waals surface area (Å²) >= 11 is 0. The number of rotatable bonds is 6. The van der Waals surface area contributed by atoms with E-state index in [0.717, 1.165) is 18.8 Å². The Morgan fingerprint density at radius 3 is 2.81 bits per heavy atom. The van der Waals surface area contributed by atoms with Crippen molar-refractivity contribution in [1.82, 2.24) is 5.01 Å². The van der Waals surface area contributed by atoms with Crippen LogP contribution in [0.4, 0.5) is 11.4 Å². The van der Waals surface area contributed by atoms with E-state index in [-0.39, 0.29) is 5.91 Å². The summed E-state index contributed by atoms with van der Waals surface area (Å²) in [6.45, 7) is 11.1. The monoisotopic (exact) mass is 291 g/mol. The van der Waals surface area contributed by atoms with E-state index >= 15 is 0 Å². The van der Waals surface area contributed by atoms with Crippen LogP contribution in [-0.4, -0.2) is 30.8 Å². The largest absolute Gasteiger partial charge is 0.360 e. The highest BCUT2D eigenvalue weighted by atomic mass is 16.5. The molecule has 1 aliphatic rings. The molecule has 1 aromatic carbocycles. The molecule has 0 aliphatic carbocycles. The second kappa shape index (κ2) is 6.91. The first-order chi connectivity index (χ1) is 10.0. The quantitative estimate of drug-likeness (QED) is 0.875. The number of hydrogen-bond acceptors (Lipinski definition) is 4. The number of hydrogen-bond donors (Lipinski definition) is 1. The molecule has 21 heavy (non-hydrogen) atoms. The van der Waals surface area contributed by atoms with Gasteiger partial charge in [-0.2, -0.15) is 0 Å². The third-order valence-electron chi connectivity index (χ3n) is 3.37. The Labute approximate surface area is 126 Å². The standard InChI is InChI=1S/C16H25N3O2/c1-5-21-11-19-16-7-6-15(17-13(4)20)8-14(16)10-18(19)9-12(2)3/h6-8,12H,5,9-11H2,1-4H3,(H,17,20). The molecule has 1 heterocycles. The Bertz CT molecular complexity index is 502. The van der Waals surface area contributed by atoms with Crippen LogP contribution in [0.3, 0.4) is 0 Å². The van der Waals surface area contributed by atoms with Gasteiger partial charge in [-0.1, -0.05) is 13.8 Å². The Morgan fingerprint density at radius 2 is 2.19 bits per heavy atom. The number of nitrogens with one attached hydrogen (secondary N) is 1. The molecule has 0 saturated heterocycles. The SMILES string of the molecule is CCOCN1c2ccc(NC(C)=O)cc2CN1CC(C)C. The fourth-order valence-corrected chi connectivity index (χ4v) is 2.59. The van der Waals surface area contributed by atoms with Gasteiger partial charge in [-0.05, 0) is 36.6 Å². The number of amides is 1. The number of benzene rings is 1. The summed E-state index contributed by atoms with van der Waals surface area (Å²) in [6, 6.07) is 6.05. The molecule has 0 atom stereocenters. The molecule has 0 unspecified atom stereocenters. The third kappa shape index (κ3) is 3.95. The van der Waals surface area contributed by atoms with E-state index in [1.807, 2.05) is 13.0 Å². The zero-order valence-corrected chi connectivity index (χ0v) is 13.3. The van der Waals surface area contributed by atoms with Gasteiger partial charge >= 0.3 is 0 Å². The number of ether oxygens (including phenoxy) is 1. The van der Waals surface area contributed by atoms with Crippen LogP contribution >= 0.6 is 0 Å². The van der Waals surface area contributed by atoms with E-state index in [0.29, 0.717) is 19.3 Å². The van der Waals surface area contributed by atoms with Crippen LogP contribution in [0.1, 0.15) is 33.3 Å². The third-order valence-corrected chi connectivity index (χ3v) is 3.37. The van der Waals surface area contributed by atoms with Gasteiger partial charge in [0.15, 0.2) is 0 Å². The molecule has 1 aromatic rings. The molecule has 116 valence electrons. The summed E-state index contributed by atoms with van der Waals surface area (Å²) in [5, 5.41) is 7.34. The Balaban J connectivity index is 2.20. The molecule has 1 N–H and O–H groups in total. The van der Waals surface area contributed by atoms with Crippen LogP contribution in [-0.2, 0) is 16.1 Å². The van der Waals surface area contributed by atoms with Crippen LogP contribution in [0.5, 0.6) is 0 Å². The summed E-state index contributed by atoms with van der Waals surface area (Å²) < 4.78 is 5.60. The van der Waals surface area contributed by atoms with Gasteiger partial charge in [-0.15, -0.1) is 0 Å². The van der Waals surface area contributed by atoms with Crippen molar-refractivity contribution in [3.8, 4) is 0 Å². The molecule has 0 saturated carbocycles. The molecule has 1 amide bonds. The minimum atomic E-state index is -0.0434. The molecular formula is C16H25N3O2. The van der Waals surface area contributed by atoms with E-state index in [2.05, 4.69) is 41.3 Å². The average molecular weight is 291 g/mol. The minimum Gasteiger partial charge on any atom is -0.360 e. The van der Waals surface area contributed by atoms with Crippen molar-refractivity contribution in [2.75, 3.05) is 30.2 Å². The molecule has 0 aromatic heterocycles. The van der Waals surface area contributed by atoms with Gasteiger partial charge in [0.1, 0.15) is 6.73 Å². The Morgan fingerprint density at radius 1 is 1.43 bits per heavy atom. The maximum absolute atomic E-state index is 11.2. The zero-order valence-electron chi connectivity index (χ0n) is 13.3. The van der Waals surface area contributed by atoms with Crippen molar-refractivity contribution < 1.29 is 9.53 Å². The molecule has 0 spiro atoms. The molecule has 0 radical (unpaired) electrons. The predicted molar refractivity (Wildman–Crippen MR) is 85.0 cm³/mol. The van der Waals surface area contributed by atoms with E-state index in [1.165, 1.54) is 18.2 Å². The average Bonchev–Trinajstić information content (AvgIpc) is 2.71. The first-order valence-corrected chi connectivity index (χ1v) is 7.52. The van der Waals surface area contributed by atoms with Crippen molar-refractivity contribution in [3.05, 3.63) is 23.8 Å². The molecule has 5 nitrogen and oxygen atoms in total. The second-order valence-corrected chi connectivity index (χ2v) is 5.79. The lowest BCUT2D eigenvalue weighted by Crippen LogP contribution is -2.41. The molecule has 0 bridgehead atoms. The number of hydrazine groups is 1. The summed E-state index contributed by atoms with van der Waals surface area (Å²) in [6.07, 6.45) is 0. The highest BCUT2D eigenvalue weighted by molar-refractivity contribution is 5.89. The van der Waals surface area contributed by atoms with Gasteiger partial charge in [0, 0.05) is 32.3 Å². The van der Waals surface area contributed by atoms with E-state index in [1.54, 1.807) is 0 Å². The van der Waals surface area contributed by atoms with Gasteiger partial charge in [0.25, 0.3) is 0 Å². The maximum atomic E-state index is 11.2. The van der Waals surface area contributed by atoms with E-state index in [4.69, 9.17) is 4.74 Å². The maximum Gasteiger partial charge on any atom is 0.221 e. The van der Waals surface area contributed by atoms with Crippen molar-refractivity contribution in [1.29, 1.82) is 0 Å². The summed E-state index contributed by atoms with van der Waals surface area (Å²) in [7, 11) is 0. The Kier molecular flexibility index (Phi) is 5.20. The molecule has 5 heteroatoms. The minimum absolute atomic E-state index is 0.0434. The fraction of sp³-hybridized carbons (Fsp3) is 0.562. The van der Waals surface area contributed by atoms with Gasteiger partial charge in [-0.3, -0.25) is 9.80 Å². The molecular weight excluding hydrogens is 266 g/mol. The summed E-state index contributed by atoms with van der Waals surface area (Å²) in [5.74, 6) is 0.538. The van der Waals surface area contributed by atoms with E-state index < -0.39 is 0 Å². The fourth-order valence-electron chi connectivity index (χ4n) is 2.59. The lowest BCUT2D eigenvalue weighted by Gasteiger charge is -2.31. The van der Waals surface area contributed by atoms with Gasteiger partial charge in [0.05, 0.1) is 5.69 Å². The lowest BCUT2D eigenvalue weighted by atomic mass is 10.1. The van der Waals surface area contributed by atoms with Crippen LogP contribution < -0.4 is 10.3 Å². The predicted octanol–water partition coefficient (Wildman–Crippen LogP) is 2.83.